The Morgan fingerprint density at radius 2 is 1.91 bits per heavy atom. The van der Waals surface area contributed by atoms with E-state index in [1.165, 1.54) is 0 Å². The Morgan fingerprint density at radius 3 is 2.35 bits per heavy atom. The molecular formula is C18H28N2O3. The minimum Gasteiger partial charge on any atom is -0.491 e. The van der Waals surface area contributed by atoms with Gasteiger partial charge in [-0.2, -0.15) is 0 Å². The Balaban J connectivity index is 1.89. The maximum absolute atomic E-state index is 12.4. The Morgan fingerprint density at radius 1 is 1.30 bits per heavy atom. The van der Waals surface area contributed by atoms with Crippen molar-refractivity contribution in [1.82, 2.24) is 10.2 Å². The van der Waals surface area contributed by atoms with Gasteiger partial charge in [-0.3, -0.25) is 9.69 Å². The summed E-state index contributed by atoms with van der Waals surface area (Å²) >= 11 is 0. The third-order valence-corrected chi connectivity index (χ3v) is 4.55. The summed E-state index contributed by atoms with van der Waals surface area (Å²) in [7, 11) is 3.87. The van der Waals surface area contributed by atoms with Crippen molar-refractivity contribution in [3.8, 4) is 5.75 Å². The van der Waals surface area contributed by atoms with Gasteiger partial charge in [0.05, 0.1) is 17.7 Å². The largest absolute Gasteiger partial charge is 0.491 e. The van der Waals surface area contributed by atoms with Crippen molar-refractivity contribution in [2.75, 3.05) is 20.6 Å². The summed E-state index contributed by atoms with van der Waals surface area (Å²) in [6.45, 7) is 4.16. The van der Waals surface area contributed by atoms with Gasteiger partial charge in [-0.1, -0.05) is 12.1 Å². The molecule has 1 fully saturated rings. The highest BCUT2D eigenvalue weighted by molar-refractivity contribution is 5.87. The molecule has 0 aliphatic heterocycles. The number of nitrogens with zero attached hydrogens (tertiary/aromatic N) is 1. The van der Waals surface area contributed by atoms with Gasteiger partial charge < -0.3 is 15.2 Å². The number of carbonyl (C=O) groups is 1. The van der Waals surface area contributed by atoms with Crippen molar-refractivity contribution >= 4 is 5.91 Å². The molecule has 0 saturated heterocycles. The molecule has 0 aromatic heterocycles. The standard InChI is InChI=1S/C18H28N2O3/c1-13(2)23-15-8-6-14(7-9-15)16(21)12-19-17(22)18(20(3)4)10-5-11-18/h6-9,13,16,21H,5,10-12H2,1-4H3,(H,19,22). The third kappa shape index (κ3) is 4.03. The summed E-state index contributed by atoms with van der Waals surface area (Å²) in [4.78, 5) is 14.4. The number of nitrogens with one attached hydrogen (secondary N) is 1. The minimum absolute atomic E-state index is 0.00700. The van der Waals surface area contributed by atoms with E-state index in [-0.39, 0.29) is 18.6 Å². The number of benzene rings is 1. The van der Waals surface area contributed by atoms with Crippen molar-refractivity contribution in [2.24, 2.45) is 0 Å². The summed E-state index contributed by atoms with van der Waals surface area (Å²) in [5, 5.41) is 13.2. The second-order valence-electron chi connectivity index (χ2n) is 6.74. The van der Waals surface area contributed by atoms with Crippen LogP contribution in [0.15, 0.2) is 24.3 Å². The van der Waals surface area contributed by atoms with Crippen LogP contribution >= 0.6 is 0 Å². The lowest BCUT2D eigenvalue weighted by Gasteiger charge is -2.45. The molecule has 5 nitrogen and oxygen atoms in total. The first-order chi connectivity index (χ1) is 10.8. The molecule has 1 amide bonds. The second-order valence-corrected chi connectivity index (χ2v) is 6.74. The molecule has 0 bridgehead atoms. The zero-order valence-corrected chi connectivity index (χ0v) is 14.5. The van der Waals surface area contributed by atoms with Gasteiger partial charge in [0.15, 0.2) is 0 Å². The van der Waals surface area contributed by atoms with Crippen molar-refractivity contribution in [3.05, 3.63) is 29.8 Å². The quantitative estimate of drug-likeness (QED) is 0.808. The van der Waals surface area contributed by atoms with Crippen LogP contribution < -0.4 is 10.1 Å². The van der Waals surface area contributed by atoms with Crippen LogP contribution in [0.4, 0.5) is 0 Å². The van der Waals surface area contributed by atoms with Gasteiger partial charge in [-0.05, 0) is 64.9 Å². The number of aliphatic hydroxyl groups excluding tert-OH is 1. The van der Waals surface area contributed by atoms with E-state index in [2.05, 4.69) is 5.32 Å². The highest BCUT2D eigenvalue weighted by Gasteiger charge is 2.45. The lowest BCUT2D eigenvalue weighted by molar-refractivity contribution is -0.137. The van der Waals surface area contributed by atoms with Gasteiger partial charge in [0, 0.05) is 6.54 Å². The molecule has 128 valence electrons. The molecule has 0 heterocycles. The van der Waals surface area contributed by atoms with Gasteiger partial charge in [-0.15, -0.1) is 0 Å². The Hall–Kier alpha value is -1.59. The normalized spacial score (nSPS) is 17.7. The number of carbonyl (C=O) groups excluding carboxylic acids is 1. The molecule has 1 aromatic rings. The lowest BCUT2D eigenvalue weighted by Crippen LogP contribution is -2.60. The molecule has 1 aliphatic rings. The fraction of sp³-hybridized carbons (Fsp3) is 0.611. The zero-order valence-electron chi connectivity index (χ0n) is 14.5. The molecule has 0 radical (unpaired) electrons. The predicted molar refractivity (Wildman–Crippen MR) is 90.4 cm³/mol. The van der Waals surface area contributed by atoms with Crippen LogP contribution in [-0.2, 0) is 4.79 Å². The molecule has 23 heavy (non-hydrogen) atoms. The summed E-state index contributed by atoms with van der Waals surface area (Å²) in [5.74, 6) is 0.786. The Bertz CT molecular complexity index is 522. The topological polar surface area (TPSA) is 61.8 Å². The van der Waals surface area contributed by atoms with E-state index in [0.717, 1.165) is 30.6 Å². The first kappa shape index (κ1) is 17.8. The molecule has 1 aromatic carbocycles. The van der Waals surface area contributed by atoms with Crippen molar-refractivity contribution in [1.29, 1.82) is 0 Å². The molecule has 2 rings (SSSR count). The molecular weight excluding hydrogens is 292 g/mol. The summed E-state index contributed by atoms with van der Waals surface area (Å²) < 4.78 is 5.58. The van der Waals surface area contributed by atoms with Crippen molar-refractivity contribution in [3.63, 3.8) is 0 Å². The Kier molecular flexibility index (Phi) is 5.65. The molecule has 1 atom stereocenters. The van der Waals surface area contributed by atoms with E-state index in [4.69, 9.17) is 4.74 Å². The van der Waals surface area contributed by atoms with Crippen LogP contribution in [0.25, 0.3) is 0 Å². The monoisotopic (exact) mass is 320 g/mol. The van der Waals surface area contributed by atoms with Gasteiger partial charge in [0.2, 0.25) is 5.91 Å². The van der Waals surface area contributed by atoms with Crippen LogP contribution in [0.5, 0.6) is 5.75 Å². The maximum atomic E-state index is 12.4. The molecule has 1 saturated carbocycles. The average Bonchev–Trinajstić information content (AvgIpc) is 2.43. The first-order valence-corrected chi connectivity index (χ1v) is 8.25. The van der Waals surface area contributed by atoms with Crippen LogP contribution in [0.2, 0.25) is 0 Å². The van der Waals surface area contributed by atoms with E-state index in [1.54, 1.807) is 0 Å². The smallest absolute Gasteiger partial charge is 0.240 e. The van der Waals surface area contributed by atoms with E-state index in [0.29, 0.717) is 0 Å². The number of ether oxygens (including phenoxy) is 1. The van der Waals surface area contributed by atoms with E-state index >= 15 is 0 Å². The van der Waals surface area contributed by atoms with Gasteiger partial charge in [-0.25, -0.2) is 0 Å². The number of rotatable bonds is 7. The van der Waals surface area contributed by atoms with E-state index in [1.807, 2.05) is 57.1 Å². The molecule has 0 spiro atoms. The molecule has 1 aliphatic carbocycles. The highest BCUT2D eigenvalue weighted by Crippen LogP contribution is 2.36. The third-order valence-electron chi connectivity index (χ3n) is 4.55. The van der Waals surface area contributed by atoms with Gasteiger partial charge in [0.25, 0.3) is 0 Å². The van der Waals surface area contributed by atoms with Crippen molar-refractivity contribution < 1.29 is 14.6 Å². The minimum atomic E-state index is -0.716. The van der Waals surface area contributed by atoms with Crippen LogP contribution in [0, 0.1) is 0 Å². The summed E-state index contributed by atoms with van der Waals surface area (Å²) in [6, 6.07) is 7.35. The fourth-order valence-corrected chi connectivity index (χ4v) is 2.90. The Labute approximate surface area is 138 Å². The number of amides is 1. The zero-order chi connectivity index (χ0) is 17.0. The second kappa shape index (κ2) is 7.32. The lowest BCUT2D eigenvalue weighted by atomic mass is 9.75. The predicted octanol–water partition coefficient (Wildman–Crippen LogP) is 2.11. The first-order valence-electron chi connectivity index (χ1n) is 8.25. The number of hydrogen-bond acceptors (Lipinski definition) is 4. The van der Waals surface area contributed by atoms with Crippen molar-refractivity contribution in [2.45, 2.75) is 50.9 Å². The average molecular weight is 320 g/mol. The number of likely N-dealkylation sites (N-methyl/N-ethyl adjacent to an activating group) is 1. The van der Waals surface area contributed by atoms with Crippen LogP contribution in [0.1, 0.15) is 44.8 Å². The number of aliphatic hydroxyl groups is 1. The molecule has 2 N–H and O–H groups in total. The maximum Gasteiger partial charge on any atom is 0.240 e. The SMILES string of the molecule is CC(C)Oc1ccc(C(O)CNC(=O)C2(N(C)C)CCC2)cc1. The van der Waals surface area contributed by atoms with Crippen LogP contribution in [0.3, 0.4) is 0 Å². The van der Waals surface area contributed by atoms with E-state index < -0.39 is 11.6 Å². The summed E-state index contributed by atoms with van der Waals surface area (Å²) in [6.07, 6.45) is 2.23. The summed E-state index contributed by atoms with van der Waals surface area (Å²) in [5.41, 5.74) is 0.378. The van der Waals surface area contributed by atoms with Gasteiger partial charge in [0.1, 0.15) is 5.75 Å². The van der Waals surface area contributed by atoms with Crippen LogP contribution in [-0.4, -0.2) is 48.2 Å². The molecule has 1 unspecified atom stereocenters. The highest BCUT2D eigenvalue weighted by atomic mass is 16.5. The molecule has 5 heteroatoms. The number of hydrogen-bond donors (Lipinski definition) is 2. The van der Waals surface area contributed by atoms with Gasteiger partial charge >= 0.3 is 0 Å². The fourth-order valence-electron chi connectivity index (χ4n) is 2.90. The van der Waals surface area contributed by atoms with E-state index in [9.17, 15) is 9.90 Å².